The first-order valence-corrected chi connectivity index (χ1v) is 4.96. The molecule has 0 amide bonds. The van der Waals surface area contributed by atoms with Crippen molar-refractivity contribution in [3.63, 3.8) is 0 Å². The monoisotopic (exact) mass is 268 g/mol. The number of likely N-dealkylation sites (N-methyl/N-ethyl adjacent to an activating group) is 1. The lowest BCUT2D eigenvalue weighted by molar-refractivity contribution is -0.0365. The molecule has 64 valence electrons. The zero-order valence-corrected chi connectivity index (χ0v) is 8.82. The van der Waals surface area contributed by atoms with E-state index in [1.807, 2.05) is 0 Å². The fourth-order valence-electron chi connectivity index (χ4n) is 1.81. The Hall–Kier alpha value is 0.610. The highest BCUT2D eigenvalue weighted by Crippen LogP contribution is 2.23. The van der Waals surface area contributed by atoms with Crippen LogP contribution in [0.5, 0.6) is 0 Å². The van der Waals surface area contributed by atoms with Gasteiger partial charge in [0, 0.05) is 42.5 Å². The summed E-state index contributed by atoms with van der Waals surface area (Å²) in [5.74, 6) is 0. The number of ether oxygens (including phenoxy) is 1. The molecular formula is C7H13IN2O. The molecule has 0 spiro atoms. The summed E-state index contributed by atoms with van der Waals surface area (Å²) in [7, 11) is 2.19. The third kappa shape index (κ3) is 1.54. The number of hydrogen-bond donors (Lipinski definition) is 0. The SMILES string of the molecule is CN1CCOC2CN(I)CC21. The number of morpholine rings is 1. The average molecular weight is 268 g/mol. The first-order chi connectivity index (χ1) is 5.27. The standard InChI is InChI=1S/C7H13IN2O/c1-9-2-3-11-7-5-10(8)4-6(7)9/h6-7H,2-5H2,1H3. The van der Waals surface area contributed by atoms with Crippen LogP contribution >= 0.6 is 22.9 Å². The molecule has 2 atom stereocenters. The molecule has 2 fully saturated rings. The van der Waals surface area contributed by atoms with Crippen LogP contribution in [0.1, 0.15) is 0 Å². The van der Waals surface area contributed by atoms with Crippen LogP contribution in [0.15, 0.2) is 0 Å². The second kappa shape index (κ2) is 3.16. The lowest BCUT2D eigenvalue weighted by atomic mass is 10.1. The van der Waals surface area contributed by atoms with E-state index in [9.17, 15) is 0 Å². The van der Waals surface area contributed by atoms with Crippen molar-refractivity contribution in [2.24, 2.45) is 0 Å². The van der Waals surface area contributed by atoms with Crippen LogP contribution in [0.3, 0.4) is 0 Å². The lowest BCUT2D eigenvalue weighted by Crippen LogP contribution is -2.48. The number of halogens is 1. The Morgan fingerprint density at radius 1 is 1.45 bits per heavy atom. The molecule has 0 radical (unpaired) electrons. The first-order valence-electron chi connectivity index (χ1n) is 4.00. The van der Waals surface area contributed by atoms with Crippen LogP contribution < -0.4 is 0 Å². The fourth-order valence-corrected chi connectivity index (χ4v) is 2.60. The molecule has 0 aliphatic carbocycles. The van der Waals surface area contributed by atoms with Gasteiger partial charge in [0.15, 0.2) is 0 Å². The van der Waals surface area contributed by atoms with Crippen molar-refractivity contribution < 1.29 is 4.74 Å². The molecule has 4 heteroatoms. The highest BCUT2D eigenvalue weighted by Gasteiger charge is 2.37. The first kappa shape index (κ1) is 8.22. The van der Waals surface area contributed by atoms with Crippen molar-refractivity contribution in [3.8, 4) is 0 Å². The van der Waals surface area contributed by atoms with Gasteiger partial charge < -0.3 is 4.74 Å². The van der Waals surface area contributed by atoms with E-state index in [-0.39, 0.29) is 0 Å². The summed E-state index contributed by atoms with van der Waals surface area (Å²) in [4.78, 5) is 2.41. The Morgan fingerprint density at radius 3 is 3.00 bits per heavy atom. The molecule has 0 aromatic carbocycles. The molecule has 0 aromatic heterocycles. The summed E-state index contributed by atoms with van der Waals surface area (Å²) in [6.45, 7) is 4.24. The van der Waals surface area contributed by atoms with Crippen LogP contribution in [0, 0.1) is 0 Å². The minimum atomic E-state index is 0.464. The van der Waals surface area contributed by atoms with E-state index < -0.39 is 0 Å². The minimum Gasteiger partial charge on any atom is -0.374 e. The maximum absolute atomic E-state index is 5.65. The van der Waals surface area contributed by atoms with Crippen LogP contribution in [-0.2, 0) is 4.74 Å². The van der Waals surface area contributed by atoms with Gasteiger partial charge in [-0.05, 0) is 7.05 Å². The Labute approximate surface area is 81.2 Å². The summed E-state index contributed by atoms with van der Waals surface area (Å²) in [5.41, 5.74) is 0. The highest BCUT2D eigenvalue weighted by atomic mass is 127. The normalized spacial score (nSPS) is 40.9. The van der Waals surface area contributed by atoms with E-state index in [1.54, 1.807) is 0 Å². The Balaban J connectivity index is 2.03. The van der Waals surface area contributed by atoms with Crippen molar-refractivity contribution >= 4 is 22.9 Å². The molecule has 2 saturated heterocycles. The summed E-state index contributed by atoms with van der Waals surface area (Å²) in [6.07, 6.45) is 0.464. The lowest BCUT2D eigenvalue weighted by Gasteiger charge is -2.33. The second-order valence-electron chi connectivity index (χ2n) is 3.28. The van der Waals surface area contributed by atoms with Gasteiger partial charge in [-0.25, -0.2) is 3.11 Å². The van der Waals surface area contributed by atoms with Crippen molar-refractivity contribution in [1.82, 2.24) is 8.01 Å². The Morgan fingerprint density at radius 2 is 2.27 bits per heavy atom. The smallest absolute Gasteiger partial charge is 0.0878 e. The van der Waals surface area contributed by atoms with Crippen LogP contribution in [0.25, 0.3) is 0 Å². The maximum Gasteiger partial charge on any atom is 0.0878 e. The molecule has 2 aliphatic rings. The number of fused-ring (bicyclic) bond motifs is 1. The van der Waals surface area contributed by atoms with Crippen LogP contribution in [0.4, 0.5) is 0 Å². The molecular weight excluding hydrogens is 255 g/mol. The van der Waals surface area contributed by atoms with Gasteiger partial charge in [0.2, 0.25) is 0 Å². The number of rotatable bonds is 0. The predicted molar refractivity (Wildman–Crippen MR) is 51.8 cm³/mol. The van der Waals surface area contributed by atoms with E-state index in [0.717, 1.165) is 26.2 Å². The van der Waals surface area contributed by atoms with Crippen molar-refractivity contribution in [2.45, 2.75) is 12.1 Å². The minimum absolute atomic E-state index is 0.464. The molecule has 2 unspecified atom stereocenters. The van der Waals surface area contributed by atoms with E-state index in [2.05, 4.69) is 37.9 Å². The van der Waals surface area contributed by atoms with Crippen molar-refractivity contribution in [3.05, 3.63) is 0 Å². The van der Waals surface area contributed by atoms with E-state index in [4.69, 9.17) is 4.74 Å². The van der Waals surface area contributed by atoms with Gasteiger partial charge in [0.1, 0.15) is 0 Å². The van der Waals surface area contributed by atoms with Crippen molar-refractivity contribution in [1.29, 1.82) is 0 Å². The van der Waals surface area contributed by atoms with Crippen molar-refractivity contribution in [2.75, 3.05) is 33.3 Å². The van der Waals surface area contributed by atoms with Gasteiger partial charge in [-0.3, -0.25) is 4.90 Å². The molecule has 2 heterocycles. The zero-order valence-electron chi connectivity index (χ0n) is 6.66. The summed E-state index contributed by atoms with van der Waals surface area (Å²) >= 11 is 2.37. The van der Waals surface area contributed by atoms with Crippen LogP contribution in [-0.4, -0.2) is 53.4 Å². The zero-order chi connectivity index (χ0) is 7.84. The van der Waals surface area contributed by atoms with E-state index in [0.29, 0.717) is 12.1 Å². The van der Waals surface area contributed by atoms with Gasteiger partial charge in [-0.1, -0.05) is 0 Å². The molecule has 2 rings (SSSR count). The van der Waals surface area contributed by atoms with Gasteiger partial charge in [0.05, 0.1) is 18.8 Å². The quantitative estimate of drug-likeness (QED) is 0.466. The van der Waals surface area contributed by atoms with Gasteiger partial charge >= 0.3 is 0 Å². The highest BCUT2D eigenvalue weighted by molar-refractivity contribution is 14.1. The average Bonchev–Trinajstić information content (AvgIpc) is 2.31. The summed E-state index contributed by atoms with van der Waals surface area (Å²) in [5, 5.41) is 0. The molecule has 11 heavy (non-hydrogen) atoms. The summed E-state index contributed by atoms with van der Waals surface area (Å²) < 4.78 is 7.97. The maximum atomic E-state index is 5.65. The van der Waals surface area contributed by atoms with Gasteiger partial charge in [-0.2, -0.15) is 0 Å². The molecule has 0 bridgehead atoms. The Kier molecular flexibility index (Phi) is 2.36. The van der Waals surface area contributed by atoms with Gasteiger partial charge in [0.25, 0.3) is 0 Å². The number of hydrogen-bond acceptors (Lipinski definition) is 3. The molecule has 0 saturated carbocycles. The molecule has 0 aromatic rings. The molecule has 3 nitrogen and oxygen atoms in total. The van der Waals surface area contributed by atoms with Crippen LogP contribution in [0.2, 0.25) is 0 Å². The predicted octanol–water partition coefficient (Wildman–Crippen LogP) is 0.351. The van der Waals surface area contributed by atoms with Gasteiger partial charge in [-0.15, -0.1) is 0 Å². The number of nitrogens with zero attached hydrogens (tertiary/aromatic N) is 2. The molecule has 0 N–H and O–H groups in total. The summed E-state index contributed by atoms with van der Waals surface area (Å²) in [6, 6.07) is 0.639. The van der Waals surface area contributed by atoms with E-state index in [1.165, 1.54) is 0 Å². The fraction of sp³-hybridized carbons (Fsp3) is 1.00. The Bertz CT molecular complexity index is 155. The largest absolute Gasteiger partial charge is 0.374 e. The third-order valence-corrected chi connectivity index (χ3v) is 3.32. The topological polar surface area (TPSA) is 15.7 Å². The van der Waals surface area contributed by atoms with E-state index >= 15 is 0 Å². The second-order valence-corrected chi connectivity index (χ2v) is 4.65. The molecule has 2 aliphatic heterocycles. The third-order valence-electron chi connectivity index (χ3n) is 2.53.